The van der Waals surface area contributed by atoms with Gasteiger partial charge in [0, 0.05) is 24.2 Å². The van der Waals surface area contributed by atoms with Gasteiger partial charge in [-0.05, 0) is 24.3 Å². The summed E-state index contributed by atoms with van der Waals surface area (Å²) in [5.41, 5.74) is 0.239. The predicted octanol–water partition coefficient (Wildman–Crippen LogP) is 1.79. The topological polar surface area (TPSA) is 105 Å². The van der Waals surface area contributed by atoms with Crippen molar-refractivity contribution < 1.29 is 19.8 Å². The number of hydrogen-bond donors (Lipinski definition) is 2. The first-order chi connectivity index (χ1) is 10.1. The zero-order valence-corrected chi connectivity index (χ0v) is 10.6. The van der Waals surface area contributed by atoms with Crippen molar-refractivity contribution in [3.8, 4) is 11.4 Å². The highest BCUT2D eigenvalue weighted by Crippen LogP contribution is 2.24. The standard InChI is InChI=1S/C14H9N3O4/c18-13(19)9-4-2-6-17-11(9)10(14(20)21)16-12(17)8-3-1-5-15-7-8/h1-7H,(H,18,19)(H,20,21). The lowest BCUT2D eigenvalue weighted by Gasteiger charge is -2.02. The maximum atomic E-state index is 11.3. The van der Waals surface area contributed by atoms with E-state index >= 15 is 0 Å². The fourth-order valence-electron chi connectivity index (χ4n) is 2.16. The van der Waals surface area contributed by atoms with Crippen molar-refractivity contribution in [1.29, 1.82) is 0 Å². The van der Waals surface area contributed by atoms with Crippen LogP contribution in [0.1, 0.15) is 20.8 Å². The fraction of sp³-hybridized carbons (Fsp3) is 0. The number of fused-ring (bicyclic) bond motifs is 1. The molecule has 104 valence electrons. The Labute approximate surface area is 118 Å². The highest BCUT2D eigenvalue weighted by molar-refractivity contribution is 6.04. The predicted molar refractivity (Wildman–Crippen MR) is 72.3 cm³/mol. The second-order valence-corrected chi connectivity index (χ2v) is 4.28. The molecule has 21 heavy (non-hydrogen) atoms. The molecule has 0 aliphatic carbocycles. The van der Waals surface area contributed by atoms with Crippen molar-refractivity contribution in [2.45, 2.75) is 0 Å². The number of carboxylic acid groups (broad SMARTS) is 2. The van der Waals surface area contributed by atoms with Gasteiger partial charge in [0.2, 0.25) is 0 Å². The molecule has 0 aromatic carbocycles. The summed E-state index contributed by atoms with van der Waals surface area (Å²) < 4.78 is 1.45. The summed E-state index contributed by atoms with van der Waals surface area (Å²) in [7, 11) is 0. The Hall–Kier alpha value is -3.22. The number of imidazole rings is 1. The molecule has 0 atom stereocenters. The van der Waals surface area contributed by atoms with Gasteiger partial charge in [-0.25, -0.2) is 14.6 Å². The van der Waals surface area contributed by atoms with E-state index in [0.29, 0.717) is 11.4 Å². The van der Waals surface area contributed by atoms with Gasteiger partial charge < -0.3 is 10.2 Å². The van der Waals surface area contributed by atoms with Crippen LogP contribution in [-0.4, -0.2) is 36.5 Å². The van der Waals surface area contributed by atoms with Gasteiger partial charge in [-0.3, -0.25) is 9.38 Å². The largest absolute Gasteiger partial charge is 0.478 e. The summed E-state index contributed by atoms with van der Waals surface area (Å²) in [5, 5.41) is 18.5. The number of hydrogen-bond acceptors (Lipinski definition) is 4. The van der Waals surface area contributed by atoms with Crippen LogP contribution < -0.4 is 0 Å². The number of aromatic nitrogens is 3. The SMILES string of the molecule is O=C(O)c1cccn2c(-c3cccnc3)nc(C(=O)O)c12. The summed E-state index contributed by atoms with van der Waals surface area (Å²) in [4.78, 5) is 30.7. The Morgan fingerprint density at radius 1 is 1.10 bits per heavy atom. The van der Waals surface area contributed by atoms with Gasteiger partial charge in [-0.15, -0.1) is 0 Å². The Bertz CT molecular complexity index is 855. The van der Waals surface area contributed by atoms with Gasteiger partial charge in [-0.2, -0.15) is 0 Å². The summed E-state index contributed by atoms with van der Waals surface area (Å²) in [5.74, 6) is -2.16. The van der Waals surface area contributed by atoms with Crippen LogP contribution in [0, 0.1) is 0 Å². The van der Waals surface area contributed by atoms with Crippen LogP contribution in [0.2, 0.25) is 0 Å². The van der Waals surface area contributed by atoms with E-state index in [2.05, 4.69) is 9.97 Å². The number of aromatic carboxylic acids is 2. The van der Waals surface area contributed by atoms with E-state index in [-0.39, 0.29) is 16.8 Å². The molecule has 0 amide bonds. The van der Waals surface area contributed by atoms with Gasteiger partial charge in [0.25, 0.3) is 0 Å². The summed E-state index contributed by atoms with van der Waals surface area (Å²) in [6.45, 7) is 0. The third-order valence-electron chi connectivity index (χ3n) is 3.02. The van der Waals surface area contributed by atoms with Crippen LogP contribution in [0.5, 0.6) is 0 Å². The molecule has 3 aromatic rings. The van der Waals surface area contributed by atoms with E-state index in [1.54, 1.807) is 24.5 Å². The van der Waals surface area contributed by atoms with Crippen LogP contribution in [0.25, 0.3) is 16.9 Å². The quantitative estimate of drug-likeness (QED) is 0.759. The zero-order chi connectivity index (χ0) is 15.0. The maximum absolute atomic E-state index is 11.3. The molecule has 0 saturated carbocycles. The van der Waals surface area contributed by atoms with E-state index in [9.17, 15) is 19.8 Å². The third kappa shape index (κ3) is 2.00. The van der Waals surface area contributed by atoms with E-state index in [1.165, 1.54) is 22.7 Å². The molecule has 0 unspecified atom stereocenters. The second kappa shape index (κ2) is 4.71. The summed E-state index contributed by atoms with van der Waals surface area (Å²) >= 11 is 0. The number of carbonyl (C=O) groups is 2. The average molecular weight is 283 g/mol. The van der Waals surface area contributed by atoms with Crippen molar-refractivity contribution in [1.82, 2.24) is 14.4 Å². The molecule has 3 heterocycles. The average Bonchev–Trinajstić information content (AvgIpc) is 2.87. The normalized spacial score (nSPS) is 10.7. The molecule has 0 fully saturated rings. The van der Waals surface area contributed by atoms with E-state index in [4.69, 9.17) is 0 Å². The first-order valence-corrected chi connectivity index (χ1v) is 5.97. The number of nitrogens with zero attached hydrogens (tertiary/aromatic N) is 3. The first-order valence-electron chi connectivity index (χ1n) is 5.97. The monoisotopic (exact) mass is 283 g/mol. The van der Waals surface area contributed by atoms with Gasteiger partial charge >= 0.3 is 11.9 Å². The molecule has 0 bridgehead atoms. The fourth-order valence-corrected chi connectivity index (χ4v) is 2.16. The number of rotatable bonds is 3. The molecule has 7 nitrogen and oxygen atoms in total. The van der Waals surface area contributed by atoms with Crippen LogP contribution in [0.4, 0.5) is 0 Å². The molecule has 3 aromatic heterocycles. The Kier molecular flexibility index (Phi) is 2.87. The van der Waals surface area contributed by atoms with Crippen LogP contribution in [0.3, 0.4) is 0 Å². The molecule has 0 spiro atoms. The molecule has 0 aliphatic rings. The van der Waals surface area contributed by atoms with Gasteiger partial charge in [0.15, 0.2) is 5.69 Å². The van der Waals surface area contributed by atoms with E-state index in [0.717, 1.165) is 0 Å². The molecule has 7 heteroatoms. The van der Waals surface area contributed by atoms with Crippen molar-refractivity contribution in [2.75, 3.05) is 0 Å². The van der Waals surface area contributed by atoms with E-state index in [1.807, 2.05) is 0 Å². The van der Waals surface area contributed by atoms with Crippen molar-refractivity contribution >= 4 is 17.5 Å². The minimum Gasteiger partial charge on any atom is -0.478 e. The maximum Gasteiger partial charge on any atom is 0.356 e. The van der Waals surface area contributed by atoms with Gasteiger partial charge in [-0.1, -0.05) is 0 Å². The van der Waals surface area contributed by atoms with Crippen molar-refractivity contribution in [2.24, 2.45) is 0 Å². The Morgan fingerprint density at radius 2 is 1.90 bits per heavy atom. The molecule has 3 rings (SSSR count). The molecular formula is C14H9N3O4. The first kappa shape index (κ1) is 12.8. The van der Waals surface area contributed by atoms with Crippen LogP contribution >= 0.6 is 0 Å². The van der Waals surface area contributed by atoms with Crippen molar-refractivity contribution in [3.05, 3.63) is 54.1 Å². The molecule has 0 aliphatic heterocycles. The van der Waals surface area contributed by atoms with Crippen molar-refractivity contribution in [3.63, 3.8) is 0 Å². The number of carboxylic acids is 2. The molecule has 2 N–H and O–H groups in total. The highest BCUT2D eigenvalue weighted by atomic mass is 16.4. The van der Waals surface area contributed by atoms with Crippen LogP contribution in [-0.2, 0) is 0 Å². The molecular weight excluding hydrogens is 274 g/mol. The second-order valence-electron chi connectivity index (χ2n) is 4.28. The minimum absolute atomic E-state index is 0.0522. The third-order valence-corrected chi connectivity index (χ3v) is 3.02. The highest BCUT2D eigenvalue weighted by Gasteiger charge is 2.22. The lowest BCUT2D eigenvalue weighted by Crippen LogP contribution is -2.04. The Morgan fingerprint density at radius 3 is 2.52 bits per heavy atom. The molecule has 0 radical (unpaired) electrons. The minimum atomic E-state index is -1.28. The van der Waals surface area contributed by atoms with E-state index < -0.39 is 11.9 Å². The summed E-state index contributed by atoms with van der Waals surface area (Å²) in [6, 6.07) is 6.29. The summed E-state index contributed by atoms with van der Waals surface area (Å²) in [6.07, 6.45) is 4.69. The zero-order valence-electron chi connectivity index (χ0n) is 10.6. The number of pyridine rings is 2. The van der Waals surface area contributed by atoms with Gasteiger partial charge in [0.05, 0.1) is 11.1 Å². The molecule has 0 saturated heterocycles. The Balaban J connectivity index is 2.41. The smallest absolute Gasteiger partial charge is 0.356 e. The van der Waals surface area contributed by atoms with Crippen LogP contribution in [0.15, 0.2) is 42.9 Å². The van der Waals surface area contributed by atoms with Gasteiger partial charge in [0.1, 0.15) is 5.82 Å². The lowest BCUT2D eigenvalue weighted by molar-refractivity contribution is 0.0691. The lowest BCUT2D eigenvalue weighted by atomic mass is 10.2.